The fraction of sp³-hybridized carbons (Fsp3) is 0.957. The van der Waals surface area contributed by atoms with Gasteiger partial charge in [-0.15, -0.1) is 0 Å². The maximum atomic E-state index is 13.2. The third-order valence-electron chi connectivity index (χ3n) is 22.4. The highest BCUT2D eigenvalue weighted by atomic mass is 31.2. The molecule has 0 saturated heterocycles. The van der Waals surface area contributed by atoms with Crippen LogP contribution in [0.1, 0.15) is 522 Å². The molecule has 2 unspecified atom stereocenters. The molecule has 0 bridgehead atoms. The van der Waals surface area contributed by atoms with Gasteiger partial charge in [0.15, 0.2) is 12.2 Å². The molecule has 0 aliphatic rings. The van der Waals surface area contributed by atoms with Crippen molar-refractivity contribution in [3.63, 3.8) is 0 Å². The zero-order valence-corrected chi connectivity index (χ0v) is 76.2. The summed E-state index contributed by atoms with van der Waals surface area (Å²) in [5.74, 6) is -2.09. The molecule has 0 rings (SSSR count). The van der Waals surface area contributed by atoms with Crippen LogP contribution in [-0.4, -0.2) is 96.7 Å². The molecule has 19 heteroatoms. The minimum Gasteiger partial charge on any atom is -0.462 e. The first-order valence-electron chi connectivity index (χ1n) is 48.8. The number of phosphoric acid groups is 2. The number of unbranched alkanes of at least 4 members (excludes halogenated alkanes) is 69. The number of aliphatic hydroxyl groups is 1. The predicted molar refractivity (Wildman–Crippen MR) is 469 cm³/mol. The number of aliphatic hydroxyl groups excluding tert-OH is 1. The standard InChI is InChI=1S/C94H184O17P2/c1-5-9-13-17-21-25-28-31-34-37-40-43-45-48-50-53-56-59-63-67-71-75-79-92(97)105-85-90(111-94(99)81-77-73-69-65-61-58-55-52-49-46-44-41-38-35-32-29-26-22-18-14-10-6-2)87-109-113(102,103)107-83-88(95)82-106-112(100,101)108-86-89(84-104-91(96)78-74-70-66-62-24-20-16-12-8-4)110-93(98)80-76-72-68-64-60-57-54-51-47-42-39-36-33-30-27-23-19-15-11-7-3/h88-90,95H,5-87H2,1-4H3,(H,100,101)(H,102,103)/t88-,89+,90+/m0/s1. The molecule has 0 spiro atoms. The molecule has 0 aromatic carbocycles. The van der Waals surface area contributed by atoms with Crippen molar-refractivity contribution in [2.45, 2.75) is 540 Å². The Labute approximate surface area is 696 Å². The van der Waals surface area contributed by atoms with E-state index in [9.17, 15) is 43.2 Å². The van der Waals surface area contributed by atoms with Gasteiger partial charge in [-0.2, -0.15) is 0 Å². The Morgan fingerprint density at radius 2 is 0.354 bits per heavy atom. The average molecular weight is 1650 g/mol. The van der Waals surface area contributed by atoms with Gasteiger partial charge in [-0.3, -0.25) is 37.3 Å². The third-order valence-corrected chi connectivity index (χ3v) is 24.3. The van der Waals surface area contributed by atoms with Gasteiger partial charge in [-0.25, -0.2) is 9.13 Å². The van der Waals surface area contributed by atoms with Crippen LogP contribution >= 0.6 is 15.6 Å². The Morgan fingerprint density at radius 3 is 0.522 bits per heavy atom. The zero-order valence-electron chi connectivity index (χ0n) is 74.4. The number of carbonyl (C=O) groups excluding carboxylic acids is 4. The molecule has 672 valence electrons. The zero-order chi connectivity index (χ0) is 82.4. The van der Waals surface area contributed by atoms with Crippen molar-refractivity contribution in [3.8, 4) is 0 Å². The number of ether oxygens (including phenoxy) is 4. The second-order valence-corrected chi connectivity index (χ2v) is 36.7. The van der Waals surface area contributed by atoms with E-state index in [1.165, 1.54) is 353 Å². The van der Waals surface area contributed by atoms with Gasteiger partial charge in [0.05, 0.1) is 26.4 Å². The van der Waals surface area contributed by atoms with Crippen molar-refractivity contribution in [3.05, 3.63) is 0 Å². The molecule has 5 atom stereocenters. The highest BCUT2D eigenvalue weighted by Crippen LogP contribution is 2.45. The third kappa shape index (κ3) is 87.7. The van der Waals surface area contributed by atoms with Crippen molar-refractivity contribution in [1.29, 1.82) is 0 Å². The summed E-state index contributed by atoms with van der Waals surface area (Å²) in [4.78, 5) is 73.4. The molecule has 0 aromatic rings. The van der Waals surface area contributed by atoms with Gasteiger partial charge in [0.1, 0.15) is 19.3 Å². The van der Waals surface area contributed by atoms with Crippen LogP contribution < -0.4 is 0 Å². The Balaban J connectivity index is 5.17. The molecule has 0 heterocycles. The van der Waals surface area contributed by atoms with Gasteiger partial charge in [0.2, 0.25) is 0 Å². The summed E-state index contributed by atoms with van der Waals surface area (Å²) in [5, 5.41) is 10.7. The second-order valence-electron chi connectivity index (χ2n) is 33.8. The fourth-order valence-corrected chi connectivity index (χ4v) is 16.5. The molecule has 17 nitrogen and oxygen atoms in total. The van der Waals surface area contributed by atoms with Crippen LogP contribution in [-0.2, 0) is 65.4 Å². The van der Waals surface area contributed by atoms with Crippen LogP contribution in [0.3, 0.4) is 0 Å². The van der Waals surface area contributed by atoms with Crippen LogP contribution in [0.5, 0.6) is 0 Å². The van der Waals surface area contributed by atoms with Gasteiger partial charge in [0.25, 0.3) is 0 Å². The first-order chi connectivity index (χ1) is 55.2. The Hall–Kier alpha value is -1.94. The van der Waals surface area contributed by atoms with E-state index in [2.05, 4.69) is 27.7 Å². The van der Waals surface area contributed by atoms with Gasteiger partial charge in [-0.1, -0.05) is 471 Å². The van der Waals surface area contributed by atoms with Crippen LogP contribution in [0, 0.1) is 0 Å². The van der Waals surface area contributed by atoms with Crippen molar-refractivity contribution >= 4 is 39.5 Å². The van der Waals surface area contributed by atoms with Crippen LogP contribution in [0.25, 0.3) is 0 Å². The monoisotopic (exact) mass is 1650 g/mol. The van der Waals surface area contributed by atoms with E-state index in [0.717, 1.165) is 89.9 Å². The first-order valence-corrected chi connectivity index (χ1v) is 51.8. The average Bonchev–Trinajstić information content (AvgIpc) is 0.898. The number of hydrogen-bond donors (Lipinski definition) is 3. The lowest BCUT2D eigenvalue weighted by Gasteiger charge is -2.21. The van der Waals surface area contributed by atoms with Gasteiger partial charge in [0, 0.05) is 25.7 Å². The molecule has 113 heavy (non-hydrogen) atoms. The Bertz CT molecular complexity index is 2120. The summed E-state index contributed by atoms with van der Waals surface area (Å²) in [7, 11) is -9.93. The number of rotatable bonds is 95. The minimum absolute atomic E-state index is 0.110. The molecule has 0 amide bonds. The van der Waals surface area contributed by atoms with Crippen LogP contribution in [0.4, 0.5) is 0 Å². The first kappa shape index (κ1) is 111. The van der Waals surface area contributed by atoms with E-state index in [-0.39, 0.29) is 25.7 Å². The molecule has 0 radical (unpaired) electrons. The van der Waals surface area contributed by atoms with E-state index >= 15 is 0 Å². The number of esters is 4. The smallest absolute Gasteiger partial charge is 0.462 e. The van der Waals surface area contributed by atoms with Crippen molar-refractivity contribution < 1.29 is 80.2 Å². The number of phosphoric ester groups is 2. The summed E-state index contributed by atoms with van der Waals surface area (Å²) in [5.41, 5.74) is 0. The summed E-state index contributed by atoms with van der Waals surface area (Å²) in [6.07, 6.45) is 86.5. The summed E-state index contributed by atoms with van der Waals surface area (Å²) >= 11 is 0. The molecule has 3 N–H and O–H groups in total. The largest absolute Gasteiger partial charge is 0.472 e. The van der Waals surface area contributed by atoms with Crippen LogP contribution in [0.2, 0.25) is 0 Å². The molecule has 0 fully saturated rings. The molecule has 0 saturated carbocycles. The van der Waals surface area contributed by atoms with E-state index < -0.39 is 97.5 Å². The van der Waals surface area contributed by atoms with E-state index in [1.54, 1.807) is 0 Å². The second kappa shape index (κ2) is 87.9. The SMILES string of the molecule is CCCCCCCCCCCCCCCCCCCCCCCCC(=O)OC[C@H](COP(=O)(O)OC[C@@H](O)COP(=O)(O)OC[C@@H](COC(=O)CCCCCCCCCCC)OC(=O)CCCCCCCCCCCCCCCCCCCCCC)OC(=O)CCCCCCCCCCCCCCCCCCCCCCCC. The van der Waals surface area contributed by atoms with E-state index in [1.807, 2.05) is 0 Å². The Morgan fingerprint density at radius 1 is 0.212 bits per heavy atom. The van der Waals surface area contributed by atoms with Crippen molar-refractivity contribution in [2.24, 2.45) is 0 Å². The molecule has 0 aliphatic heterocycles. The van der Waals surface area contributed by atoms with E-state index in [0.29, 0.717) is 25.7 Å². The maximum absolute atomic E-state index is 13.2. The predicted octanol–water partition coefficient (Wildman–Crippen LogP) is 29.6. The highest BCUT2D eigenvalue weighted by molar-refractivity contribution is 7.47. The fourth-order valence-electron chi connectivity index (χ4n) is 14.9. The lowest BCUT2D eigenvalue weighted by molar-refractivity contribution is -0.161. The normalized spacial score (nSPS) is 13.6. The van der Waals surface area contributed by atoms with Gasteiger partial charge in [-0.05, 0) is 25.7 Å². The summed E-state index contributed by atoms with van der Waals surface area (Å²) in [6.45, 7) is 5.08. The topological polar surface area (TPSA) is 237 Å². The van der Waals surface area contributed by atoms with Crippen molar-refractivity contribution in [2.75, 3.05) is 39.6 Å². The quantitative estimate of drug-likeness (QED) is 0.0222. The van der Waals surface area contributed by atoms with E-state index in [4.69, 9.17) is 37.0 Å². The number of carbonyl (C=O) groups is 4. The lowest BCUT2D eigenvalue weighted by atomic mass is 10.0. The summed E-state index contributed by atoms with van der Waals surface area (Å²) < 4.78 is 69.1. The highest BCUT2D eigenvalue weighted by Gasteiger charge is 2.31. The molecular formula is C94H184O17P2. The Kier molecular flexibility index (Phi) is 86.4. The lowest BCUT2D eigenvalue weighted by Crippen LogP contribution is -2.30. The van der Waals surface area contributed by atoms with Crippen molar-refractivity contribution in [1.82, 2.24) is 0 Å². The van der Waals surface area contributed by atoms with Crippen LogP contribution in [0.15, 0.2) is 0 Å². The molecular weight excluding hydrogens is 1460 g/mol. The number of hydrogen-bond acceptors (Lipinski definition) is 15. The van der Waals surface area contributed by atoms with Gasteiger partial charge >= 0.3 is 39.5 Å². The minimum atomic E-state index is -4.97. The molecule has 0 aromatic heterocycles. The maximum Gasteiger partial charge on any atom is 0.472 e. The summed E-state index contributed by atoms with van der Waals surface area (Å²) in [6, 6.07) is 0. The van der Waals surface area contributed by atoms with Gasteiger partial charge < -0.3 is 33.8 Å². The molecule has 0 aliphatic carbocycles.